The topological polar surface area (TPSA) is 52.4 Å². The van der Waals surface area contributed by atoms with Crippen LogP contribution in [-0.4, -0.2) is 4.92 Å². The first-order chi connectivity index (χ1) is 10.2. The van der Waals surface area contributed by atoms with Gasteiger partial charge in [0, 0.05) is 12.1 Å². The van der Waals surface area contributed by atoms with Crippen molar-refractivity contribution in [3.8, 4) is 5.75 Å². The van der Waals surface area contributed by atoms with Crippen molar-refractivity contribution in [2.24, 2.45) is 0 Å². The van der Waals surface area contributed by atoms with E-state index in [1.54, 1.807) is 12.1 Å². The summed E-state index contributed by atoms with van der Waals surface area (Å²) >= 11 is 0. The van der Waals surface area contributed by atoms with Gasteiger partial charge in [-0.15, -0.1) is 0 Å². The molecule has 0 fully saturated rings. The highest BCUT2D eigenvalue weighted by Crippen LogP contribution is 2.25. The van der Waals surface area contributed by atoms with Gasteiger partial charge < -0.3 is 4.74 Å². The number of nitrogens with zero attached hydrogens (tertiary/aromatic N) is 1. The van der Waals surface area contributed by atoms with Crippen LogP contribution in [0.15, 0.2) is 66.7 Å². The van der Waals surface area contributed by atoms with Crippen molar-refractivity contribution in [2.75, 3.05) is 0 Å². The van der Waals surface area contributed by atoms with Gasteiger partial charge in [-0.1, -0.05) is 36.4 Å². The van der Waals surface area contributed by atoms with Gasteiger partial charge in [0.05, 0.1) is 4.92 Å². The zero-order valence-corrected chi connectivity index (χ0v) is 11.2. The number of nitro groups is 1. The number of benzene rings is 3. The van der Waals surface area contributed by atoms with Crippen molar-refractivity contribution >= 4 is 16.5 Å². The molecule has 0 aliphatic rings. The number of ether oxygens (including phenoxy) is 1. The molecule has 0 bridgehead atoms. The van der Waals surface area contributed by atoms with Crippen LogP contribution >= 0.6 is 0 Å². The monoisotopic (exact) mass is 279 g/mol. The van der Waals surface area contributed by atoms with Crippen molar-refractivity contribution in [1.82, 2.24) is 0 Å². The van der Waals surface area contributed by atoms with Gasteiger partial charge in [-0.05, 0) is 34.5 Å². The zero-order valence-electron chi connectivity index (χ0n) is 11.2. The number of hydrogen-bond donors (Lipinski definition) is 0. The second-order valence-corrected chi connectivity index (χ2v) is 4.72. The predicted molar refractivity (Wildman–Crippen MR) is 81.4 cm³/mol. The van der Waals surface area contributed by atoms with E-state index in [-0.39, 0.29) is 10.6 Å². The Kier molecular flexibility index (Phi) is 3.51. The molecule has 0 aliphatic carbocycles. The molecule has 21 heavy (non-hydrogen) atoms. The van der Waals surface area contributed by atoms with Crippen LogP contribution in [0.2, 0.25) is 0 Å². The van der Waals surface area contributed by atoms with E-state index in [0.717, 1.165) is 22.1 Å². The molecule has 3 rings (SSSR count). The second-order valence-electron chi connectivity index (χ2n) is 4.72. The molecule has 0 unspecified atom stereocenters. The number of non-ortho nitro benzene ring substituents is 1. The predicted octanol–water partition coefficient (Wildman–Crippen LogP) is 4.33. The Bertz CT molecular complexity index is 784. The standard InChI is InChI=1S/C17H13NO3/c19-18(20)16-8-6-15-11-17(9-7-14(15)10-16)21-12-13-4-2-1-3-5-13/h1-11H,12H2. The second kappa shape index (κ2) is 5.63. The summed E-state index contributed by atoms with van der Waals surface area (Å²) in [7, 11) is 0. The molecule has 0 saturated heterocycles. The first-order valence-electron chi connectivity index (χ1n) is 6.57. The van der Waals surface area contributed by atoms with E-state index in [2.05, 4.69) is 0 Å². The third kappa shape index (κ3) is 3.00. The van der Waals surface area contributed by atoms with Crippen LogP contribution < -0.4 is 4.74 Å². The molecule has 0 heterocycles. The van der Waals surface area contributed by atoms with Crippen LogP contribution in [0.4, 0.5) is 5.69 Å². The molecule has 0 saturated carbocycles. The number of fused-ring (bicyclic) bond motifs is 1. The summed E-state index contributed by atoms with van der Waals surface area (Å²) in [5.74, 6) is 0.750. The first kappa shape index (κ1) is 13.1. The third-order valence-corrected chi connectivity index (χ3v) is 3.25. The Hall–Kier alpha value is -2.88. The minimum Gasteiger partial charge on any atom is -0.489 e. The van der Waals surface area contributed by atoms with Crippen molar-refractivity contribution in [2.45, 2.75) is 6.61 Å². The molecule has 4 heteroatoms. The maximum absolute atomic E-state index is 10.8. The molecule has 0 aliphatic heterocycles. The van der Waals surface area contributed by atoms with Gasteiger partial charge in [-0.25, -0.2) is 0 Å². The van der Waals surface area contributed by atoms with Crippen LogP contribution in [0.1, 0.15) is 5.56 Å². The number of nitro benzene ring substituents is 1. The van der Waals surface area contributed by atoms with Crippen molar-refractivity contribution in [1.29, 1.82) is 0 Å². The van der Waals surface area contributed by atoms with Crippen molar-refractivity contribution in [3.05, 3.63) is 82.4 Å². The highest BCUT2D eigenvalue weighted by Gasteiger charge is 2.06. The molecular formula is C17H13NO3. The molecule has 4 nitrogen and oxygen atoms in total. The Morgan fingerprint density at radius 2 is 1.62 bits per heavy atom. The highest BCUT2D eigenvalue weighted by molar-refractivity contribution is 5.85. The van der Waals surface area contributed by atoms with Gasteiger partial charge in [0.15, 0.2) is 0 Å². The summed E-state index contributed by atoms with van der Waals surface area (Å²) in [6, 6.07) is 20.3. The summed E-state index contributed by atoms with van der Waals surface area (Å²) in [6.45, 7) is 0.499. The average Bonchev–Trinajstić information content (AvgIpc) is 2.53. The normalized spacial score (nSPS) is 10.5. The summed E-state index contributed by atoms with van der Waals surface area (Å²) in [5, 5.41) is 12.5. The van der Waals surface area contributed by atoms with E-state index in [4.69, 9.17) is 4.74 Å². The third-order valence-electron chi connectivity index (χ3n) is 3.25. The smallest absolute Gasteiger partial charge is 0.270 e. The van der Waals surface area contributed by atoms with Crippen molar-refractivity contribution in [3.63, 3.8) is 0 Å². The molecule has 0 radical (unpaired) electrons. The molecular weight excluding hydrogens is 266 g/mol. The van der Waals surface area contributed by atoms with Crippen LogP contribution in [0.25, 0.3) is 10.8 Å². The molecule has 0 atom stereocenters. The molecule has 0 spiro atoms. The quantitative estimate of drug-likeness (QED) is 0.527. The Morgan fingerprint density at radius 3 is 2.38 bits per heavy atom. The van der Waals surface area contributed by atoms with Crippen LogP contribution in [-0.2, 0) is 6.61 Å². The number of rotatable bonds is 4. The SMILES string of the molecule is O=[N+]([O-])c1ccc2cc(OCc3ccccc3)ccc2c1. The minimum atomic E-state index is -0.390. The van der Waals surface area contributed by atoms with Crippen LogP contribution in [0.5, 0.6) is 5.75 Å². The van der Waals surface area contributed by atoms with E-state index < -0.39 is 0 Å². The highest BCUT2D eigenvalue weighted by atomic mass is 16.6. The van der Waals surface area contributed by atoms with E-state index in [9.17, 15) is 10.1 Å². The average molecular weight is 279 g/mol. The van der Waals surface area contributed by atoms with E-state index >= 15 is 0 Å². The lowest BCUT2D eigenvalue weighted by molar-refractivity contribution is -0.384. The molecule has 0 aromatic heterocycles. The molecule has 3 aromatic rings. The molecule has 0 N–H and O–H groups in total. The van der Waals surface area contributed by atoms with Gasteiger partial charge in [0.1, 0.15) is 12.4 Å². The fourth-order valence-corrected chi connectivity index (χ4v) is 2.16. The van der Waals surface area contributed by atoms with Crippen LogP contribution in [0.3, 0.4) is 0 Å². The van der Waals surface area contributed by atoms with Gasteiger partial charge >= 0.3 is 0 Å². The summed E-state index contributed by atoms with van der Waals surface area (Å²) in [6.07, 6.45) is 0. The molecule has 0 amide bonds. The van der Waals surface area contributed by atoms with Gasteiger partial charge in [-0.2, -0.15) is 0 Å². The number of hydrogen-bond acceptors (Lipinski definition) is 3. The molecule has 104 valence electrons. The van der Waals surface area contributed by atoms with Gasteiger partial charge in [-0.3, -0.25) is 10.1 Å². The zero-order chi connectivity index (χ0) is 14.7. The van der Waals surface area contributed by atoms with E-state index in [1.165, 1.54) is 6.07 Å². The molecule has 3 aromatic carbocycles. The van der Waals surface area contributed by atoms with Gasteiger partial charge in [0.2, 0.25) is 0 Å². The largest absolute Gasteiger partial charge is 0.489 e. The van der Waals surface area contributed by atoms with E-state index in [1.807, 2.05) is 48.5 Å². The summed E-state index contributed by atoms with van der Waals surface area (Å²) in [5.41, 5.74) is 1.20. The van der Waals surface area contributed by atoms with Crippen LogP contribution in [0, 0.1) is 10.1 Å². The Labute approximate surface area is 121 Å². The van der Waals surface area contributed by atoms with Crippen molar-refractivity contribution < 1.29 is 9.66 Å². The first-order valence-corrected chi connectivity index (χ1v) is 6.57. The van der Waals surface area contributed by atoms with E-state index in [0.29, 0.717) is 6.61 Å². The fourth-order valence-electron chi connectivity index (χ4n) is 2.16. The summed E-state index contributed by atoms with van der Waals surface area (Å²) < 4.78 is 5.74. The lowest BCUT2D eigenvalue weighted by atomic mass is 10.1. The minimum absolute atomic E-state index is 0.0976. The maximum atomic E-state index is 10.8. The maximum Gasteiger partial charge on any atom is 0.270 e. The summed E-state index contributed by atoms with van der Waals surface area (Å²) in [4.78, 5) is 10.4. The fraction of sp³-hybridized carbons (Fsp3) is 0.0588. The lowest BCUT2D eigenvalue weighted by Crippen LogP contribution is -1.94. The Balaban J connectivity index is 1.81. The lowest BCUT2D eigenvalue weighted by Gasteiger charge is -2.07. The Morgan fingerprint density at radius 1 is 0.905 bits per heavy atom. The van der Waals surface area contributed by atoms with Gasteiger partial charge in [0.25, 0.3) is 5.69 Å².